The third-order valence-electron chi connectivity index (χ3n) is 3.61. The van der Waals surface area contributed by atoms with Gasteiger partial charge in [-0.25, -0.2) is 0 Å². The minimum absolute atomic E-state index is 0.0143. The molecule has 2 aromatic rings. The van der Waals surface area contributed by atoms with E-state index < -0.39 is 0 Å². The number of morpholine rings is 1. The van der Waals surface area contributed by atoms with Crippen LogP contribution in [-0.4, -0.2) is 30.5 Å². The third kappa shape index (κ3) is 2.47. The first-order valence-corrected chi connectivity index (χ1v) is 6.75. The molecule has 104 valence electrons. The second-order valence-corrected chi connectivity index (χ2v) is 4.91. The van der Waals surface area contributed by atoms with Gasteiger partial charge in [-0.2, -0.15) is 0 Å². The van der Waals surface area contributed by atoms with Crippen LogP contribution in [-0.2, 0) is 4.74 Å². The lowest BCUT2D eigenvalue weighted by Crippen LogP contribution is -2.42. The van der Waals surface area contributed by atoms with E-state index in [-0.39, 0.29) is 12.0 Å². The fourth-order valence-corrected chi connectivity index (χ4v) is 2.48. The molecule has 1 atom stereocenters. The summed E-state index contributed by atoms with van der Waals surface area (Å²) in [5, 5.41) is 0. The van der Waals surface area contributed by atoms with Crippen molar-refractivity contribution in [1.29, 1.82) is 0 Å². The zero-order valence-electron chi connectivity index (χ0n) is 11.4. The fourth-order valence-electron chi connectivity index (χ4n) is 2.48. The molecular weight excluding hydrogens is 254 g/mol. The highest BCUT2D eigenvalue weighted by atomic mass is 16.5. The number of amides is 1. The molecule has 0 bridgehead atoms. The van der Waals surface area contributed by atoms with Crippen LogP contribution >= 0.6 is 0 Å². The summed E-state index contributed by atoms with van der Waals surface area (Å²) in [7, 11) is 0. The number of rotatable bonds is 2. The van der Waals surface area contributed by atoms with Crippen LogP contribution in [0.2, 0.25) is 0 Å². The van der Waals surface area contributed by atoms with Gasteiger partial charge in [0.2, 0.25) is 0 Å². The van der Waals surface area contributed by atoms with Crippen LogP contribution in [0, 0.1) is 6.92 Å². The third-order valence-corrected chi connectivity index (χ3v) is 3.61. The second-order valence-electron chi connectivity index (χ2n) is 4.91. The topological polar surface area (TPSA) is 42.7 Å². The fraction of sp³-hybridized carbons (Fsp3) is 0.312. The van der Waals surface area contributed by atoms with Gasteiger partial charge in [0.25, 0.3) is 5.91 Å². The van der Waals surface area contributed by atoms with Crippen LogP contribution in [0.25, 0.3) is 0 Å². The molecule has 1 unspecified atom stereocenters. The van der Waals surface area contributed by atoms with Gasteiger partial charge < -0.3 is 14.1 Å². The average molecular weight is 271 g/mol. The standard InChI is InChI=1S/C16H17NO3/c1-12-14(7-9-19-12)16(18)17-8-10-20-15(11-17)13-5-3-2-4-6-13/h2-7,9,15H,8,10-11H2,1H3. The Morgan fingerprint density at radius 2 is 2.05 bits per heavy atom. The van der Waals surface area contributed by atoms with E-state index in [0.717, 1.165) is 5.56 Å². The lowest BCUT2D eigenvalue weighted by molar-refractivity contribution is -0.0228. The van der Waals surface area contributed by atoms with E-state index in [1.54, 1.807) is 12.3 Å². The molecule has 1 saturated heterocycles. The lowest BCUT2D eigenvalue weighted by Gasteiger charge is -2.33. The Bertz CT molecular complexity index is 591. The van der Waals surface area contributed by atoms with E-state index in [4.69, 9.17) is 9.15 Å². The minimum atomic E-state index is -0.0545. The number of hydrogen-bond donors (Lipinski definition) is 0. The first kappa shape index (κ1) is 12.9. The second kappa shape index (κ2) is 5.51. The summed E-state index contributed by atoms with van der Waals surface area (Å²) in [5.74, 6) is 0.679. The number of hydrogen-bond acceptors (Lipinski definition) is 3. The number of carbonyl (C=O) groups excluding carboxylic acids is 1. The first-order valence-electron chi connectivity index (χ1n) is 6.75. The molecule has 3 rings (SSSR count). The maximum atomic E-state index is 12.5. The van der Waals surface area contributed by atoms with Crippen LogP contribution in [0.15, 0.2) is 47.1 Å². The van der Waals surface area contributed by atoms with Crippen molar-refractivity contribution in [3.05, 3.63) is 59.5 Å². The minimum Gasteiger partial charge on any atom is -0.469 e. The summed E-state index contributed by atoms with van der Waals surface area (Å²) in [4.78, 5) is 14.3. The van der Waals surface area contributed by atoms with Crippen molar-refractivity contribution in [2.24, 2.45) is 0 Å². The van der Waals surface area contributed by atoms with E-state index in [1.165, 1.54) is 0 Å². The molecule has 1 fully saturated rings. The molecule has 1 aliphatic rings. The van der Waals surface area contributed by atoms with Gasteiger partial charge in [-0.1, -0.05) is 30.3 Å². The Morgan fingerprint density at radius 3 is 2.75 bits per heavy atom. The van der Waals surface area contributed by atoms with Gasteiger partial charge in [-0.15, -0.1) is 0 Å². The summed E-state index contributed by atoms with van der Waals surface area (Å²) in [5.41, 5.74) is 1.74. The molecule has 1 aromatic carbocycles. The van der Waals surface area contributed by atoms with Crippen LogP contribution in [0.1, 0.15) is 27.8 Å². The zero-order valence-corrected chi connectivity index (χ0v) is 11.4. The molecule has 0 aliphatic carbocycles. The maximum Gasteiger partial charge on any atom is 0.257 e. The van der Waals surface area contributed by atoms with Crippen molar-refractivity contribution in [2.45, 2.75) is 13.0 Å². The molecule has 4 heteroatoms. The molecule has 1 aromatic heterocycles. The monoisotopic (exact) mass is 271 g/mol. The van der Waals surface area contributed by atoms with E-state index in [2.05, 4.69) is 0 Å². The van der Waals surface area contributed by atoms with Crippen molar-refractivity contribution in [1.82, 2.24) is 4.90 Å². The van der Waals surface area contributed by atoms with Crippen molar-refractivity contribution in [3.63, 3.8) is 0 Å². The average Bonchev–Trinajstić information content (AvgIpc) is 2.94. The van der Waals surface area contributed by atoms with E-state index >= 15 is 0 Å². The molecule has 0 N–H and O–H groups in total. The van der Waals surface area contributed by atoms with E-state index in [1.807, 2.05) is 42.2 Å². The predicted octanol–water partition coefficient (Wildman–Crippen LogP) is 2.80. The zero-order chi connectivity index (χ0) is 13.9. The molecule has 0 spiro atoms. The van der Waals surface area contributed by atoms with Crippen molar-refractivity contribution >= 4 is 5.91 Å². The van der Waals surface area contributed by atoms with Crippen LogP contribution in [0.4, 0.5) is 0 Å². The number of aryl methyl sites for hydroxylation is 1. The van der Waals surface area contributed by atoms with Crippen LogP contribution in [0.5, 0.6) is 0 Å². The number of benzene rings is 1. The summed E-state index contributed by atoms with van der Waals surface area (Å²) in [6.45, 7) is 3.56. The van der Waals surface area contributed by atoms with Crippen molar-refractivity contribution < 1.29 is 13.9 Å². The van der Waals surface area contributed by atoms with Crippen LogP contribution < -0.4 is 0 Å². The van der Waals surface area contributed by atoms with E-state index in [9.17, 15) is 4.79 Å². The summed E-state index contributed by atoms with van der Waals surface area (Å²) in [6, 6.07) is 11.7. The smallest absolute Gasteiger partial charge is 0.257 e. The molecule has 0 radical (unpaired) electrons. The Hall–Kier alpha value is -2.07. The van der Waals surface area contributed by atoms with Gasteiger partial charge >= 0.3 is 0 Å². The van der Waals surface area contributed by atoms with Gasteiger partial charge in [0.15, 0.2) is 0 Å². The van der Waals surface area contributed by atoms with Gasteiger partial charge in [-0.3, -0.25) is 4.79 Å². The molecule has 0 saturated carbocycles. The highest BCUT2D eigenvalue weighted by Crippen LogP contribution is 2.23. The maximum absolute atomic E-state index is 12.5. The Labute approximate surface area is 118 Å². The Balaban J connectivity index is 1.76. The Morgan fingerprint density at radius 1 is 1.25 bits per heavy atom. The highest BCUT2D eigenvalue weighted by Gasteiger charge is 2.27. The molecule has 4 nitrogen and oxygen atoms in total. The van der Waals surface area contributed by atoms with Gasteiger partial charge in [0, 0.05) is 6.54 Å². The first-order chi connectivity index (χ1) is 9.75. The summed E-state index contributed by atoms with van der Waals surface area (Å²) >= 11 is 0. The number of nitrogens with zero attached hydrogens (tertiary/aromatic N) is 1. The summed E-state index contributed by atoms with van der Waals surface area (Å²) in [6.07, 6.45) is 1.50. The highest BCUT2D eigenvalue weighted by molar-refractivity contribution is 5.95. The van der Waals surface area contributed by atoms with E-state index in [0.29, 0.717) is 31.0 Å². The molecule has 1 aliphatic heterocycles. The lowest BCUT2D eigenvalue weighted by atomic mass is 10.1. The normalized spacial score (nSPS) is 19.1. The van der Waals surface area contributed by atoms with Crippen LogP contribution in [0.3, 0.4) is 0 Å². The number of furan rings is 1. The van der Waals surface area contributed by atoms with Crippen molar-refractivity contribution in [2.75, 3.05) is 19.7 Å². The van der Waals surface area contributed by atoms with Gasteiger partial charge in [0.1, 0.15) is 11.9 Å². The number of ether oxygens (including phenoxy) is 1. The number of carbonyl (C=O) groups is 1. The molecule has 1 amide bonds. The van der Waals surface area contributed by atoms with Gasteiger partial charge in [-0.05, 0) is 18.6 Å². The largest absolute Gasteiger partial charge is 0.469 e. The molecule has 2 heterocycles. The predicted molar refractivity (Wildman–Crippen MR) is 74.5 cm³/mol. The molecular formula is C16H17NO3. The van der Waals surface area contributed by atoms with Crippen molar-refractivity contribution in [3.8, 4) is 0 Å². The Kier molecular flexibility index (Phi) is 3.56. The summed E-state index contributed by atoms with van der Waals surface area (Å²) < 4.78 is 11.0. The quantitative estimate of drug-likeness (QED) is 0.843. The van der Waals surface area contributed by atoms with Gasteiger partial charge in [0.05, 0.1) is 25.0 Å². The SMILES string of the molecule is Cc1occc1C(=O)N1CCOC(c2ccccc2)C1. The molecule has 20 heavy (non-hydrogen) atoms.